The molecule has 3 saturated heterocycles. The van der Waals surface area contributed by atoms with E-state index in [0.717, 1.165) is 38.0 Å². The number of nitrogens with zero attached hydrogens (tertiary/aromatic N) is 2. The van der Waals surface area contributed by atoms with Gasteiger partial charge in [0.25, 0.3) is 0 Å². The van der Waals surface area contributed by atoms with Gasteiger partial charge < -0.3 is 15.1 Å². The second-order valence-corrected chi connectivity index (χ2v) is 7.36. The fourth-order valence-electron chi connectivity index (χ4n) is 4.40. The predicted molar refractivity (Wildman–Crippen MR) is 92.8 cm³/mol. The van der Waals surface area contributed by atoms with E-state index in [2.05, 4.69) is 10.2 Å². The summed E-state index contributed by atoms with van der Waals surface area (Å²) >= 11 is 0. The van der Waals surface area contributed by atoms with Crippen LogP contribution in [0.25, 0.3) is 0 Å². The SMILES string of the molecule is Cc1ccc(N2CC(C(=O)N3C4CCNCC3CC4)CC2=O)cc1. The van der Waals surface area contributed by atoms with E-state index in [1.54, 1.807) is 4.90 Å². The Kier molecular flexibility index (Phi) is 4.04. The summed E-state index contributed by atoms with van der Waals surface area (Å²) in [6, 6.07) is 8.64. The number of fused-ring (bicyclic) bond motifs is 2. The second-order valence-electron chi connectivity index (χ2n) is 7.36. The van der Waals surface area contributed by atoms with Crippen LogP contribution >= 0.6 is 0 Å². The van der Waals surface area contributed by atoms with Crippen LogP contribution in [0.15, 0.2) is 24.3 Å². The van der Waals surface area contributed by atoms with Crippen molar-refractivity contribution in [2.75, 3.05) is 24.5 Å². The average Bonchev–Trinajstić information content (AvgIpc) is 3.06. The molecule has 5 heteroatoms. The van der Waals surface area contributed by atoms with Gasteiger partial charge in [0.05, 0.1) is 5.92 Å². The predicted octanol–water partition coefficient (Wildman–Crippen LogP) is 1.70. The first kappa shape index (κ1) is 15.6. The Morgan fingerprint density at radius 2 is 1.88 bits per heavy atom. The van der Waals surface area contributed by atoms with Gasteiger partial charge in [0, 0.05) is 37.3 Å². The lowest BCUT2D eigenvalue weighted by atomic mass is 10.1. The molecule has 1 aromatic carbocycles. The van der Waals surface area contributed by atoms with Crippen molar-refractivity contribution in [3.63, 3.8) is 0 Å². The molecule has 3 aliphatic rings. The van der Waals surface area contributed by atoms with Crippen molar-refractivity contribution in [2.24, 2.45) is 5.92 Å². The molecule has 4 rings (SSSR count). The van der Waals surface area contributed by atoms with Crippen LogP contribution in [0.4, 0.5) is 5.69 Å². The van der Waals surface area contributed by atoms with Crippen LogP contribution < -0.4 is 10.2 Å². The van der Waals surface area contributed by atoms with Crippen LogP contribution in [0.2, 0.25) is 0 Å². The molecule has 0 aliphatic carbocycles. The third-order valence-electron chi connectivity index (χ3n) is 5.73. The zero-order valence-corrected chi connectivity index (χ0v) is 14.2. The molecular formula is C19H25N3O2. The molecule has 3 heterocycles. The molecule has 0 aromatic heterocycles. The van der Waals surface area contributed by atoms with Crippen LogP contribution in [0.3, 0.4) is 0 Å². The average molecular weight is 327 g/mol. The van der Waals surface area contributed by atoms with Gasteiger partial charge in [-0.3, -0.25) is 9.59 Å². The molecule has 1 aromatic rings. The van der Waals surface area contributed by atoms with Crippen LogP contribution in [-0.4, -0.2) is 48.4 Å². The summed E-state index contributed by atoms with van der Waals surface area (Å²) in [6.45, 7) is 4.43. The first-order valence-corrected chi connectivity index (χ1v) is 9.03. The second kappa shape index (κ2) is 6.20. The van der Waals surface area contributed by atoms with Gasteiger partial charge in [0.15, 0.2) is 0 Å². The Bertz CT molecular complexity index is 629. The Labute approximate surface area is 143 Å². The Morgan fingerprint density at radius 1 is 1.12 bits per heavy atom. The molecular weight excluding hydrogens is 302 g/mol. The molecule has 0 radical (unpaired) electrons. The van der Waals surface area contributed by atoms with E-state index in [9.17, 15) is 9.59 Å². The van der Waals surface area contributed by atoms with E-state index in [-0.39, 0.29) is 17.7 Å². The molecule has 2 amide bonds. The quantitative estimate of drug-likeness (QED) is 0.899. The fourth-order valence-corrected chi connectivity index (χ4v) is 4.40. The van der Waals surface area contributed by atoms with Gasteiger partial charge in [0.1, 0.15) is 0 Å². The molecule has 3 atom stereocenters. The minimum atomic E-state index is -0.194. The minimum absolute atomic E-state index is 0.0671. The van der Waals surface area contributed by atoms with E-state index in [0.29, 0.717) is 25.0 Å². The summed E-state index contributed by atoms with van der Waals surface area (Å²) in [7, 11) is 0. The number of hydrogen-bond donors (Lipinski definition) is 1. The van der Waals surface area contributed by atoms with Crippen LogP contribution in [0, 0.1) is 12.8 Å². The van der Waals surface area contributed by atoms with Gasteiger partial charge in [0.2, 0.25) is 11.8 Å². The molecule has 0 spiro atoms. The number of rotatable bonds is 2. The number of hydrogen-bond acceptors (Lipinski definition) is 3. The summed E-state index contributed by atoms with van der Waals surface area (Å²) in [5, 5.41) is 3.43. The Morgan fingerprint density at radius 3 is 2.67 bits per heavy atom. The number of benzene rings is 1. The molecule has 1 N–H and O–H groups in total. The first-order chi connectivity index (χ1) is 11.6. The molecule has 3 fully saturated rings. The first-order valence-electron chi connectivity index (χ1n) is 9.03. The molecule has 3 aliphatic heterocycles. The highest BCUT2D eigenvalue weighted by Crippen LogP contribution is 2.33. The van der Waals surface area contributed by atoms with E-state index in [4.69, 9.17) is 0 Å². The fraction of sp³-hybridized carbons (Fsp3) is 0.579. The van der Waals surface area contributed by atoms with Crippen LogP contribution in [0.5, 0.6) is 0 Å². The summed E-state index contributed by atoms with van der Waals surface area (Å²) in [5.74, 6) is 0.0617. The lowest BCUT2D eigenvalue weighted by Gasteiger charge is -2.30. The van der Waals surface area contributed by atoms with Crippen molar-refractivity contribution in [2.45, 2.75) is 44.7 Å². The maximum absolute atomic E-state index is 13.1. The van der Waals surface area contributed by atoms with Crippen molar-refractivity contribution in [1.29, 1.82) is 0 Å². The Balaban J connectivity index is 1.50. The molecule has 3 unspecified atom stereocenters. The van der Waals surface area contributed by atoms with Crippen molar-refractivity contribution >= 4 is 17.5 Å². The largest absolute Gasteiger partial charge is 0.335 e. The topological polar surface area (TPSA) is 52.7 Å². The Hall–Kier alpha value is -1.88. The summed E-state index contributed by atoms with van der Waals surface area (Å²) in [4.78, 5) is 29.4. The molecule has 0 saturated carbocycles. The number of carbonyl (C=O) groups excluding carboxylic acids is 2. The summed E-state index contributed by atoms with van der Waals surface area (Å²) < 4.78 is 0. The number of anilines is 1. The van der Waals surface area contributed by atoms with Crippen molar-refractivity contribution < 1.29 is 9.59 Å². The molecule has 24 heavy (non-hydrogen) atoms. The summed E-state index contributed by atoms with van der Waals surface area (Å²) in [6.07, 6.45) is 3.58. The normalized spacial score (nSPS) is 29.9. The third kappa shape index (κ3) is 2.71. The van der Waals surface area contributed by atoms with Crippen molar-refractivity contribution in [1.82, 2.24) is 10.2 Å². The third-order valence-corrected chi connectivity index (χ3v) is 5.73. The van der Waals surface area contributed by atoms with Gasteiger partial charge in [-0.1, -0.05) is 17.7 Å². The lowest BCUT2D eigenvalue weighted by molar-refractivity contribution is -0.138. The van der Waals surface area contributed by atoms with Gasteiger partial charge in [-0.15, -0.1) is 0 Å². The van der Waals surface area contributed by atoms with E-state index >= 15 is 0 Å². The zero-order chi connectivity index (χ0) is 16.7. The number of aryl methyl sites for hydroxylation is 1. The van der Waals surface area contributed by atoms with E-state index < -0.39 is 0 Å². The van der Waals surface area contributed by atoms with Gasteiger partial charge in [-0.2, -0.15) is 0 Å². The zero-order valence-electron chi connectivity index (χ0n) is 14.2. The van der Waals surface area contributed by atoms with Gasteiger partial charge in [-0.05, 0) is 44.9 Å². The minimum Gasteiger partial charge on any atom is -0.335 e. The van der Waals surface area contributed by atoms with Gasteiger partial charge in [-0.25, -0.2) is 0 Å². The summed E-state index contributed by atoms with van der Waals surface area (Å²) in [5.41, 5.74) is 2.08. The standard InChI is InChI=1S/C19H25N3O2/c1-13-2-4-15(5-3-13)21-12-14(10-18(21)23)19(24)22-16-6-7-17(22)11-20-9-8-16/h2-5,14,16-17,20H,6-12H2,1H3. The maximum atomic E-state index is 13.1. The van der Waals surface area contributed by atoms with E-state index in [1.807, 2.05) is 31.2 Å². The molecule has 2 bridgehead atoms. The highest BCUT2D eigenvalue weighted by molar-refractivity contribution is 6.00. The van der Waals surface area contributed by atoms with Gasteiger partial charge >= 0.3 is 0 Å². The van der Waals surface area contributed by atoms with Crippen molar-refractivity contribution in [3.05, 3.63) is 29.8 Å². The van der Waals surface area contributed by atoms with Crippen LogP contribution in [0.1, 0.15) is 31.2 Å². The lowest BCUT2D eigenvalue weighted by Crippen LogP contribution is -2.46. The number of amides is 2. The smallest absolute Gasteiger partial charge is 0.228 e. The van der Waals surface area contributed by atoms with Crippen LogP contribution in [-0.2, 0) is 9.59 Å². The van der Waals surface area contributed by atoms with E-state index in [1.165, 1.54) is 5.56 Å². The highest BCUT2D eigenvalue weighted by Gasteiger charge is 2.44. The van der Waals surface area contributed by atoms with Crippen molar-refractivity contribution in [3.8, 4) is 0 Å². The molecule has 5 nitrogen and oxygen atoms in total. The number of nitrogens with one attached hydrogen (secondary N) is 1. The maximum Gasteiger partial charge on any atom is 0.228 e. The number of carbonyl (C=O) groups is 2. The monoisotopic (exact) mass is 327 g/mol. The molecule has 128 valence electrons. The highest BCUT2D eigenvalue weighted by atomic mass is 16.2.